The second-order valence-corrected chi connectivity index (χ2v) is 7.06. The highest BCUT2D eigenvalue weighted by atomic mass is 79.9. The average Bonchev–Trinajstić information content (AvgIpc) is 3.12. The number of halogens is 1. The number of amides is 1. The van der Waals surface area contributed by atoms with Gasteiger partial charge in [0, 0.05) is 16.7 Å². The third kappa shape index (κ3) is 4.33. The van der Waals surface area contributed by atoms with E-state index in [1.165, 1.54) is 6.20 Å². The number of carbonyl (C=O) groups is 1. The van der Waals surface area contributed by atoms with E-state index in [9.17, 15) is 4.79 Å². The minimum atomic E-state index is -0.271. The molecule has 0 spiro atoms. The van der Waals surface area contributed by atoms with Crippen molar-refractivity contribution in [3.05, 3.63) is 88.9 Å². The molecule has 1 aromatic carbocycles. The van der Waals surface area contributed by atoms with E-state index < -0.39 is 0 Å². The Morgan fingerprint density at radius 2 is 1.97 bits per heavy atom. The molecule has 0 bridgehead atoms. The van der Waals surface area contributed by atoms with Gasteiger partial charge < -0.3 is 10.1 Å². The minimum Gasteiger partial charge on any atom is -0.439 e. The number of anilines is 1. The first-order valence-electron chi connectivity index (χ1n) is 8.77. The van der Waals surface area contributed by atoms with Crippen LogP contribution >= 0.6 is 15.9 Å². The minimum absolute atomic E-state index is 0.271. The van der Waals surface area contributed by atoms with Gasteiger partial charge in [-0.25, -0.2) is 14.6 Å². The van der Waals surface area contributed by atoms with E-state index in [1.54, 1.807) is 29.2 Å². The highest BCUT2D eigenvalue weighted by Crippen LogP contribution is 2.24. The molecule has 0 saturated heterocycles. The van der Waals surface area contributed by atoms with Crippen LogP contribution in [0.1, 0.15) is 16.1 Å². The fourth-order valence-electron chi connectivity index (χ4n) is 2.71. The van der Waals surface area contributed by atoms with Gasteiger partial charge in [-0.1, -0.05) is 28.1 Å². The lowest BCUT2D eigenvalue weighted by Gasteiger charge is -2.08. The number of carbonyl (C=O) groups excluding carboxylic acids is 1. The third-order valence-corrected chi connectivity index (χ3v) is 4.63. The summed E-state index contributed by atoms with van der Waals surface area (Å²) >= 11 is 3.40. The number of aromatic nitrogens is 4. The van der Waals surface area contributed by atoms with E-state index in [1.807, 2.05) is 49.4 Å². The summed E-state index contributed by atoms with van der Waals surface area (Å²) in [6.07, 6.45) is 4.75. The molecule has 1 N–H and O–H groups in total. The SMILES string of the molecule is Cc1c(C(=O)Nc2ccc(Oc3cccc(Br)c3)nc2)cnn1-c1ccccn1. The standard InChI is InChI=1S/C21H16BrN5O2/c1-14-18(13-25-27(14)19-7-2-3-10-23-19)21(28)26-16-8-9-20(24-12-16)29-17-6-4-5-15(22)11-17/h2-13H,1H3,(H,26,28). The second-order valence-electron chi connectivity index (χ2n) is 6.14. The third-order valence-electron chi connectivity index (χ3n) is 4.13. The van der Waals surface area contributed by atoms with Gasteiger partial charge in [0.2, 0.25) is 5.88 Å². The molecule has 7 nitrogen and oxygen atoms in total. The summed E-state index contributed by atoms with van der Waals surface area (Å²) in [7, 11) is 0. The molecule has 4 rings (SSSR count). The Morgan fingerprint density at radius 3 is 2.69 bits per heavy atom. The number of hydrogen-bond acceptors (Lipinski definition) is 5. The van der Waals surface area contributed by atoms with Gasteiger partial charge in [-0.05, 0) is 43.3 Å². The van der Waals surface area contributed by atoms with Crippen molar-refractivity contribution in [3.63, 3.8) is 0 Å². The largest absolute Gasteiger partial charge is 0.439 e. The predicted octanol–water partition coefficient (Wildman–Crippen LogP) is 4.78. The molecular weight excluding hydrogens is 434 g/mol. The molecule has 0 aliphatic heterocycles. The summed E-state index contributed by atoms with van der Waals surface area (Å²) in [5.41, 5.74) is 1.72. The monoisotopic (exact) mass is 449 g/mol. The lowest BCUT2D eigenvalue weighted by atomic mass is 10.2. The Morgan fingerprint density at radius 1 is 1.07 bits per heavy atom. The van der Waals surface area contributed by atoms with Crippen LogP contribution < -0.4 is 10.1 Å². The summed E-state index contributed by atoms with van der Waals surface area (Å²) in [6.45, 7) is 1.82. The second kappa shape index (κ2) is 8.24. The van der Waals surface area contributed by atoms with Gasteiger partial charge in [0.25, 0.3) is 5.91 Å². The Labute approximate surface area is 175 Å². The van der Waals surface area contributed by atoms with Crippen LogP contribution in [0.3, 0.4) is 0 Å². The van der Waals surface area contributed by atoms with E-state index >= 15 is 0 Å². The van der Waals surface area contributed by atoms with E-state index in [0.717, 1.165) is 4.47 Å². The van der Waals surface area contributed by atoms with Crippen LogP contribution in [-0.2, 0) is 0 Å². The molecule has 0 atom stereocenters. The molecule has 0 aliphatic carbocycles. The van der Waals surface area contributed by atoms with Gasteiger partial charge in [-0.15, -0.1) is 0 Å². The number of nitrogens with one attached hydrogen (secondary N) is 1. The zero-order valence-corrected chi connectivity index (χ0v) is 17.0. The van der Waals surface area contributed by atoms with E-state index in [4.69, 9.17) is 4.74 Å². The molecule has 1 amide bonds. The van der Waals surface area contributed by atoms with Crippen molar-refractivity contribution in [2.75, 3.05) is 5.32 Å². The topological polar surface area (TPSA) is 81.9 Å². The van der Waals surface area contributed by atoms with Gasteiger partial charge in [0.15, 0.2) is 5.82 Å². The molecule has 3 aromatic heterocycles. The van der Waals surface area contributed by atoms with Crippen LogP contribution in [-0.4, -0.2) is 25.7 Å². The van der Waals surface area contributed by atoms with Crippen LogP contribution in [0.2, 0.25) is 0 Å². The first-order chi connectivity index (χ1) is 14.1. The van der Waals surface area contributed by atoms with Gasteiger partial charge in [-0.3, -0.25) is 4.79 Å². The normalized spacial score (nSPS) is 10.6. The maximum Gasteiger partial charge on any atom is 0.259 e. The Bertz CT molecular complexity index is 1140. The lowest BCUT2D eigenvalue weighted by molar-refractivity contribution is 0.102. The Kier molecular flexibility index (Phi) is 5.35. The van der Waals surface area contributed by atoms with Crippen molar-refractivity contribution in [2.45, 2.75) is 6.92 Å². The zero-order valence-electron chi connectivity index (χ0n) is 15.4. The Hall–Kier alpha value is -3.52. The van der Waals surface area contributed by atoms with Crippen LogP contribution in [0, 0.1) is 6.92 Å². The van der Waals surface area contributed by atoms with Crippen LogP contribution in [0.4, 0.5) is 5.69 Å². The number of hydrogen-bond donors (Lipinski definition) is 1. The van der Waals surface area contributed by atoms with E-state index in [-0.39, 0.29) is 5.91 Å². The van der Waals surface area contributed by atoms with Gasteiger partial charge in [-0.2, -0.15) is 5.10 Å². The lowest BCUT2D eigenvalue weighted by Crippen LogP contribution is -2.13. The average molecular weight is 450 g/mol. The number of rotatable bonds is 5. The predicted molar refractivity (Wildman–Crippen MR) is 113 cm³/mol. The number of nitrogens with zero attached hydrogens (tertiary/aromatic N) is 4. The molecule has 29 heavy (non-hydrogen) atoms. The quantitative estimate of drug-likeness (QED) is 0.474. The number of benzene rings is 1. The van der Waals surface area contributed by atoms with Gasteiger partial charge in [0.05, 0.1) is 29.3 Å². The van der Waals surface area contributed by atoms with E-state index in [0.29, 0.717) is 34.4 Å². The fourth-order valence-corrected chi connectivity index (χ4v) is 3.09. The summed E-state index contributed by atoms with van der Waals surface area (Å²) < 4.78 is 8.25. The number of ether oxygens (including phenoxy) is 1. The van der Waals surface area contributed by atoms with Crippen molar-refractivity contribution in [3.8, 4) is 17.4 Å². The molecule has 0 fully saturated rings. The van der Waals surface area contributed by atoms with Crippen molar-refractivity contribution in [2.24, 2.45) is 0 Å². The fraction of sp³-hybridized carbons (Fsp3) is 0.0476. The summed E-state index contributed by atoms with van der Waals surface area (Å²) in [5, 5.41) is 7.10. The van der Waals surface area contributed by atoms with Crippen molar-refractivity contribution in [1.82, 2.24) is 19.7 Å². The molecule has 3 heterocycles. The van der Waals surface area contributed by atoms with Crippen LogP contribution in [0.5, 0.6) is 11.6 Å². The van der Waals surface area contributed by atoms with Crippen molar-refractivity contribution in [1.29, 1.82) is 0 Å². The maximum absolute atomic E-state index is 12.6. The molecule has 0 unspecified atom stereocenters. The highest BCUT2D eigenvalue weighted by Gasteiger charge is 2.16. The molecule has 0 saturated carbocycles. The first-order valence-corrected chi connectivity index (χ1v) is 9.56. The zero-order chi connectivity index (χ0) is 20.2. The molecule has 4 aromatic rings. The smallest absolute Gasteiger partial charge is 0.259 e. The highest BCUT2D eigenvalue weighted by molar-refractivity contribution is 9.10. The van der Waals surface area contributed by atoms with Crippen LogP contribution in [0.25, 0.3) is 5.82 Å². The van der Waals surface area contributed by atoms with E-state index in [2.05, 4.69) is 36.3 Å². The molecule has 0 aliphatic rings. The number of pyridine rings is 2. The van der Waals surface area contributed by atoms with Gasteiger partial charge in [0.1, 0.15) is 5.75 Å². The molecule has 8 heteroatoms. The maximum atomic E-state index is 12.6. The summed E-state index contributed by atoms with van der Waals surface area (Å²) in [4.78, 5) is 21.1. The molecular formula is C21H16BrN5O2. The summed E-state index contributed by atoms with van der Waals surface area (Å²) in [5.74, 6) is 1.48. The van der Waals surface area contributed by atoms with Crippen molar-refractivity contribution < 1.29 is 9.53 Å². The first kappa shape index (κ1) is 18.8. The molecule has 0 radical (unpaired) electrons. The summed E-state index contributed by atoms with van der Waals surface area (Å²) in [6, 6.07) is 16.4. The van der Waals surface area contributed by atoms with Crippen LogP contribution in [0.15, 0.2) is 77.7 Å². The Balaban J connectivity index is 1.46. The molecule has 144 valence electrons. The van der Waals surface area contributed by atoms with Crippen molar-refractivity contribution >= 4 is 27.5 Å². The van der Waals surface area contributed by atoms with Gasteiger partial charge >= 0.3 is 0 Å².